The third kappa shape index (κ3) is 4.45. The number of nitrogens with zero attached hydrogens (tertiary/aromatic N) is 1. The molecule has 2 N–H and O–H groups in total. The van der Waals surface area contributed by atoms with E-state index in [1.54, 1.807) is 0 Å². The van der Waals surface area contributed by atoms with E-state index in [0.29, 0.717) is 12.6 Å². The fourth-order valence-electron chi connectivity index (χ4n) is 3.62. The smallest absolute Gasteiger partial charge is 0.234 e. The maximum absolute atomic E-state index is 12.2. The van der Waals surface area contributed by atoms with Crippen molar-refractivity contribution >= 4 is 5.91 Å². The number of carbonyl (C=O) groups excluding carboxylic acids is 1. The van der Waals surface area contributed by atoms with Crippen LogP contribution in [0.2, 0.25) is 0 Å². The normalized spacial score (nSPS) is 33.6. The molecule has 2 aliphatic rings. The molecule has 0 spiro atoms. The molecule has 1 heterocycles. The molecule has 4 nitrogen and oxygen atoms in total. The fourth-order valence-corrected chi connectivity index (χ4v) is 3.62. The highest BCUT2D eigenvalue weighted by molar-refractivity contribution is 5.78. The van der Waals surface area contributed by atoms with Crippen LogP contribution >= 0.6 is 0 Å². The van der Waals surface area contributed by atoms with Gasteiger partial charge in [-0.25, -0.2) is 0 Å². The third-order valence-electron chi connectivity index (χ3n) is 4.95. The molecular formula is C16H30N2O2. The zero-order valence-electron chi connectivity index (χ0n) is 13.0. The van der Waals surface area contributed by atoms with Crippen molar-refractivity contribution in [1.82, 2.24) is 10.2 Å². The van der Waals surface area contributed by atoms with E-state index in [0.717, 1.165) is 44.6 Å². The van der Waals surface area contributed by atoms with E-state index in [1.165, 1.54) is 12.8 Å². The zero-order valence-corrected chi connectivity index (χ0v) is 13.0. The lowest BCUT2D eigenvalue weighted by molar-refractivity contribution is -0.124. The Morgan fingerprint density at radius 1 is 1.25 bits per heavy atom. The van der Waals surface area contributed by atoms with Gasteiger partial charge in [0.1, 0.15) is 0 Å². The van der Waals surface area contributed by atoms with Gasteiger partial charge in [0.15, 0.2) is 0 Å². The topological polar surface area (TPSA) is 52.6 Å². The summed E-state index contributed by atoms with van der Waals surface area (Å²) >= 11 is 0. The van der Waals surface area contributed by atoms with Crippen LogP contribution in [0, 0.1) is 5.92 Å². The van der Waals surface area contributed by atoms with Gasteiger partial charge in [-0.3, -0.25) is 9.69 Å². The Hall–Kier alpha value is -0.610. The van der Waals surface area contributed by atoms with Crippen LogP contribution in [0.3, 0.4) is 0 Å². The first-order valence-electron chi connectivity index (χ1n) is 8.27. The molecule has 0 aromatic heterocycles. The van der Waals surface area contributed by atoms with Gasteiger partial charge in [-0.05, 0) is 57.9 Å². The van der Waals surface area contributed by atoms with Gasteiger partial charge in [0.05, 0.1) is 12.6 Å². The number of amides is 1. The summed E-state index contributed by atoms with van der Waals surface area (Å²) in [5.74, 6) is 0.946. The summed E-state index contributed by atoms with van der Waals surface area (Å²) in [7, 11) is 0. The molecule has 1 aliphatic heterocycles. The van der Waals surface area contributed by atoms with E-state index in [9.17, 15) is 9.90 Å². The standard InChI is InChI=1S/C16H30N2O2/c1-12-6-8-14(9-7-12)17-16(20)11-18-10-4-3-5-15(18)13(2)19/h12-15,19H,3-11H2,1-2H3,(H,17,20)/t12?,13-,14?,15-/m0/s1. The van der Waals surface area contributed by atoms with E-state index in [2.05, 4.69) is 17.1 Å². The van der Waals surface area contributed by atoms with E-state index < -0.39 is 0 Å². The first-order chi connectivity index (χ1) is 9.56. The number of rotatable bonds is 4. The number of aliphatic hydroxyl groups is 1. The minimum atomic E-state index is -0.348. The first-order valence-corrected chi connectivity index (χ1v) is 8.27. The van der Waals surface area contributed by atoms with Crippen molar-refractivity contribution in [2.24, 2.45) is 5.92 Å². The average molecular weight is 282 g/mol. The Labute approximate surface area is 122 Å². The number of hydrogen-bond acceptors (Lipinski definition) is 3. The Morgan fingerprint density at radius 2 is 1.95 bits per heavy atom. The number of aliphatic hydroxyl groups excluding tert-OH is 1. The van der Waals surface area contributed by atoms with E-state index in [-0.39, 0.29) is 18.1 Å². The Morgan fingerprint density at radius 3 is 2.60 bits per heavy atom. The number of nitrogens with one attached hydrogen (secondary N) is 1. The van der Waals surface area contributed by atoms with Crippen molar-refractivity contribution in [2.45, 2.75) is 77.0 Å². The van der Waals surface area contributed by atoms with Crippen LogP contribution in [-0.4, -0.2) is 47.2 Å². The fraction of sp³-hybridized carbons (Fsp3) is 0.938. The summed E-state index contributed by atoms with van der Waals surface area (Å²) in [6.45, 7) is 5.51. The molecule has 0 bridgehead atoms. The molecule has 0 radical (unpaired) electrons. The van der Waals surface area contributed by atoms with Gasteiger partial charge in [0, 0.05) is 12.1 Å². The molecule has 20 heavy (non-hydrogen) atoms. The number of carbonyl (C=O) groups is 1. The SMILES string of the molecule is CC1CCC(NC(=O)CN2CCCC[C@H]2[C@H](C)O)CC1. The summed E-state index contributed by atoms with van der Waals surface area (Å²) in [6, 6.07) is 0.523. The lowest BCUT2D eigenvalue weighted by atomic mass is 9.87. The highest BCUT2D eigenvalue weighted by Crippen LogP contribution is 2.23. The molecule has 1 saturated carbocycles. The Bertz CT molecular complexity index is 312. The van der Waals surface area contributed by atoms with Gasteiger partial charge in [-0.15, -0.1) is 0 Å². The average Bonchev–Trinajstić information content (AvgIpc) is 2.41. The molecular weight excluding hydrogens is 252 g/mol. The minimum Gasteiger partial charge on any atom is -0.392 e. The number of hydrogen-bond donors (Lipinski definition) is 2. The van der Waals surface area contributed by atoms with Crippen molar-refractivity contribution in [3.63, 3.8) is 0 Å². The summed E-state index contributed by atoms with van der Waals surface area (Å²) in [5, 5.41) is 13.0. The number of piperidine rings is 1. The summed E-state index contributed by atoms with van der Waals surface area (Å²) in [4.78, 5) is 14.4. The van der Waals surface area contributed by atoms with E-state index >= 15 is 0 Å². The first kappa shape index (κ1) is 15.8. The van der Waals surface area contributed by atoms with Gasteiger partial charge in [-0.1, -0.05) is 13.3 Å². The van der Waals surface area contributed by atoms with Gasteiger partial charge in [0.2, 0.25) is 5.91 Å². The quantitative estimate of drug-likeness (QED) is 0.828. The van der Waals surface area contributed by atoms with Crippen LogP contribution in [0.15, 0.2) is 0 Å². The molecule has 0 aromatic rings. The molecule has 1 aliphatic carbocycles. The van der Waals surface area contributed by atoms with Crippen molar-refractivity contribution in [2.75, 3.05) is 13.1 Å². The predicted octanol–water partition coefficient (Wildman–Crippen LogP) is 1.92. The predicted molar refractivity (Wildman–Crippen MR) is 80.5 cm³/mol. The molecule has 2 fully saturated rings. The highest BCUT2D eigenvalue weighted by Gasteiger charge is 2.28. The van der Waals surface area contributed by atoms with Crippen LogP contribution in [0.4, 0.5) is 0 Å². The van der Waals surface area contributed by atoms with Crippen LogP contribution in [0.25, 0.3) is 0 Å². The molecule has 1 saturated heterocycles. The Kier molecular flexibility index (Phi) is 5.85. The zero-order chi connectivity index (χ0) is 14.5. The van der Waals surface area contributed by atoms with Crippen molar-refractivity contribution in [3.8, 4) is 0 Å². The second kappa shape index (κ2) is 7.41. The van der Waals surface area contributed by atoms with Crippen molar-refractivity contribution in [1.29, 1.82) is 0 Å². The van der Waals surface area contributed by atoms with Crippen LogP contribution < -0.4 is 5.32 Å². The molecule has 0 unspecified atom stereocenters. The maximum Gasteiger partial charge on any atom is 0.234 e. The van der Waals surface area contributed by atoms with Gasteiger partial charge < -0.3 is 10.4 Å². The molecule has 1 amide bonds. The molecule has 0 aromatic carbocycles. The van der Waals surface area contributed by atoms with E-state index in [4.69, 9.17) is 0 Å². The summed E-state index contributed by atoms with van der Waals surface area (Å²) in [5.41, 5.74) is 0. The largest absolute Gasteiger partial charge is 0.392 e. The van der Waals surface area contributed by atoms with Gasteiger partial charge >= 0.3 is 0 Å². The molecule has 116 valence electrons. The summed E-state index contributed by atoms with van der Waals surface area (Å²) in [6.07, 6.45) is 7.64. The lowest BCUT2D eigenvalue weighted by Gasteiger charge is -2.37. The third-order valence-corrected chi connectivity index (χ3v) is 4.95. The van der Waals surface area contributed by atoms with Gasteiger partial charge in [0.25, 0.3) is 0 Å². The highest BCUT2D eigenvalue weighted by atomic mass is 16.3. The van der Waals surface area contributed by atoms with Crippen LogP contribution in [0.1, 0.15) is 58.8 Å². The number of likely N-dealkylation sites (tertiary alicyclic amines) is 1. The summed E-state index contributed by atoms with van der Waals surface area (Å²) < 4.78 is 0. The van der Waals surface area contributed by atoms with Crippen LogP contribution in [0.5, 0.6) is 0 Å². The second-order valence-corrected chi connectivity index (χ2v) is 6.80. The molecule has 4 heteroatoms. The molecule has 2 rings (SSSR count). The lowest BCUT2D eigenvalue weighted by Crippen LogP contribution is -2.51. The Balaban J connectivity index is 1.78. The monoisotopic (exact) mass is 282 g/mol. The maximum atomic E-state index is 12.2. The van der Waals surface area contributed by atoms with Crippen molar-refractivity contribution in [3.05, 3.63) is 0 Å². The van der Waals surface area contributed by atoms with Gasteiger partial charge in [-0.2, -0.15) is 0 Å². The van der Waals surface area contributed by atoms with Crippen LogP contribution in [-0.2, 0) is 4.79 Å². The van der Waals surface area contributed by atoms with Crippen molar-refractivity contribution < 1.29 is 9.90 Å². The minimum absolute atomic E-state index is 0.136. The van der Waals surface area contributed by atoms with E-state index in [1.807, 2.05) is 6.92 Å². The molecule has 2 atom stereocenters. The second-order valence-electron chi connectivity index (χ2n) is 6.80.